The Morgan fingerprint density at radius 3 is 2.08 bits per heavy atom. The molecule has 5 heteroatoms. The van der Waals surface area contributed by atoms with Crippen LogP contribution in [-0.2, 0) is 10.0 Å². The second-order valence-electron chi connectivity index (χ2n) is 6.99. The highest BCUT2D eigenvalue weighted by molar-refractivity contribution is 7.89. The summed E-state index contributed by atoms with van der Waals surface area (Å²) >= 11 is 0. The first-order chi connectivity index (χ1) is 12.4. The zero-order valence-corrected chi connectivity index (χ0v) is 17.3. The lowest BCUT2D eigenvalue weighted by molar-refractivity contribution is 0.392. The van der Waals surface area contributed by atoms with Gasteiger partial charge < -0.3 is 4.90 Å². The molecule has 0 fully saturated rings. The monoisotopic (exact) mass is 376 g/mol. The van der Waals surface area contributed by atoms with Gasteiger partial charge in [-0.2, -0.15) is 4.31 Å². The van der Waals surface area contributed by atoms with Gasteiger partial charge in [0.05, 0.1) is 4.90 Å². The van der Waals surface area contributed by atoms with Crippen LogP contribution in [0.2, 0.25) is 0 Å². The van der Waals surface area contributed by atoms with Crippen LogP contribution in [0, 0.1) is 0 Å². The number of anilines is 1. The van der Waals surface area contributed by atoms with Gasteiger partial charge in [-0.05, 0) is 25.0 Å². The van der Waals surface area contributed by atoms with Crippen LogP contribution >= 0.6 is 0 Å². The first-order valence-electron chi connectivity index (χ1n) is 9.62. The van der Waals surface area contributed by atoms with Crippen LogP contribution < -0.4 is 4.90 Å². The average molecular weight is 377 g/mol. The molecule has 0 aromatic heterocycles. The Bertz CT molecular complexity index is 816. The van der Waals surface area contributed by atoms with E-state index in [-0.39, 0.29) is 0 Å². The van der Waals surface area contributed by atoms with E-state index in [9.17, 15) is 8.42 Å². The third-order valence-corrected chi connectivity index (χ3v) is 6.69. The number of unbranched alkanes of at least 4 members (excludes halogenated alkanes) is 3. The summed E-state index contributed by atoms with van der Waals surface area (Å²) in [6, 6.07) is 11.5. The largest absolute Gasteiger partial charge is 0.377 e. The Kier molecular flexibility index (Phi) is 7.47. The molecule has 2 rings (SSSR count). The van der Waals surface area contributed by atoms with Crippen LogP contribution in [-0.4, -0.2) is 39.9 Å². The van der Waals surface area contributed by atoms with Gasteiger partial charge in [0.15, 0.2) is 0 Å². The van der Waals surface area contributed by atoms with E-state index in [1.165, 1.54) is 0 Å². The topological polar surface area (TPSA) is 40.6 Å². The van der Waals surface area contributed by atoms with Crippen molar-refractivity contribution in [3.05, 3.63) is 36.4 Å². The highest BCUT2D eigenvalue weighted by Crippen LogP contribution is 2.31. The lowest BCUT2D eigenvalue weighted by atomic mass is 10.1. The highest BCUT2D eigenvalue weighted by atomic mass is 32.2. The van der Waals surface area contributed by atoms with E-state index in [1.54, 1.807) is 10.4 Å². The van der Waals surface area contributed by atoms with Crippen molar-refractivity contribution < 1.29 is 8.42 Å². The van der Waals surface area contributed by atoms with Crippen LogP contribution in [0.1, 0.15) is 46.0 Å². The van der Waals surface area contributed by atoms with Gasteiger partial charge in [-0.15, -0.1) is 0 Å². The molecule has 26 heavy (non-hydrogen) atoms. The fraction of sp³-hybridized carbons (Fsp3) is 0.524. The van der Waals surface area contributed by atoms with Gasteiger partial charge in [0.1, 0.15) is 0 Å². The van der Waals surface area contributed by atoms with Crippen molar-refractivity contribution in [2.24, 2.45) is 0 Å². The SMILES string of the molecule is CCCCCN(CCCC)S(=O)(=O)c1cccc2c(N(C)C)cccc12. The van der Waals surface area contributed by atoms with Crippen molar-refractivity contribution in [3.8, 4) is 0 Å². The second-order valence-corrected chi connectivity index (χ2v) is 8.89. The van der Waals surface area contributed by atoms with E-state index in [1.807, 2.05) is 49.3 Å². The Hall–Kier alpha value is -1.59. The minimum absolute atomic E-state index is 0.423. The highest BCUT2D eigenvalue weighted by Gasteiger charge is 2.25. The Balaban J connectivity index is 2.50. The molecule has 0 aliphatic heterocycles. The van der Waals surface area contributed by atoms with Gasteiger partial charge >= 0.3 is 0 Å². The van der Waals surface area contributed by atoms with Crippen molar-refractivity contribution in [1.29, 1.82) is 0 Å². The average Bonchev–Trinajstić information content (AvgIpc) is 2.63. The van der Waals surface area contributed by atoms with Crippen LogP contribution in [0.3, 0.4) is 0 Å². The number of hydrogen-bond donors (Lipinski definition) is 0. The van der Waals surface area contributed by atoms with Crippen LogP contribution in [0.25, 0.3) is 10.8 Å². The third kappa shape index (κ3) is 4.57. The predicted molar refractivity (Wildman–Crippen MR) is 111 cm³/mol. The van der Waals surface area contributed by atoms with Crippen LogP contribution in [0.5, 0.6) is 0 Å². The lowest BCUT2D eigenvalue weighted by Crippen LogP contribution is -2.33. The van der Waals surface area contributed by atoms with Crippen molar-refractivity contribution in [2.45, 2.75) is 50.8 Å². The molecule has 4 nitrogen and oxygen atoms in total. The van der Waals surface area contributed by atoms with Crippen LogP contribution in [0.15, 0.2) is 41.3 Å². The quantitative estimate of drug-likeness (QED) is 0.555. The standard InChI is InChI=1S/C21H32N2O2S/c1-5-7-9-17-23(16-8-6-2)26(24,25)21-15-11-12-18-19(21)13-10-14-20(18)22(3)4/h10-15H,5-9,16-17H2,1-4H3. The molecule has 0 aliphatic rings. The molecule has 0 saturated heterocycles. The number of rotatable bonds is 10. The van der Waals surface area contributed by atoms with E-state index in [4.69, 9.17) is 0 Å². The Morgan fingerprint density at radius 2 is 1.42 bits per heavy atom. The second kappa shape index (κ2) is 9.38. The summed E-state index contributed by atoms with van der Waals surface area (Å²) in [6.07, 6.45) is 4.92. The molecule has 0 bridgehead atoms. The maximum absolute atomic E-state index is 13.4. The fourth-order valence-corrected chi connectivity index (χ4v) is 4.97. The number of hydrogen-bond acceptors (Lipinski definition) is 3. The minimum atomic E-state index is -3.51. The Labute approximate surface area is 158 Å². The van der Waals surface area contributed by atoms with Crippen molar-refractivity contribution in [3.63, 3.8) is 0 Å². The smallest absolute Gasteiger partial charge is 0.243 e. The Morgan fingerprint density at radius 1 is 0.808 bits per heavy atom. The summed E-state index contributed by atoms with van der Waals surface area (Å²) in [5.74, 6) is 0. The first-order valence-corrected chi connectivity index (χ1v) is 11.1. The van der Waals surface area contributed by atoms with Gasteiger partial charge in [0.2, 0.25) is 10.0 Å². The van der Waals surface area contributed by atoms with Gasteiger partial charge in [0.25, 0.3) is 0 Å². The molecule has 0 heterocycles. The summed E-state index contributed by atoms with van der Waals surface area (Å²) in [7, 11) is 0.453. The van der Waals surface area contributed by atoms with Crippen LogP contribution in [0.4, 0.5) is 5.69 Å². The first kappa shape index (κ1) is 20.7. The molecule has 0 amide bonds. The predicted octanol–water partition coefficient (Wildman–Crippen LogP) is 4.89. The summed E-state index contributed by atoms with van der Waals surface area (Å²) in [5.41, 5.74) is 1.03. The van der Waals surface area contributed by atoms with Gasteiger partial charge in [0, 0.05) is 43.6 Å². The summed E-state index contributed by atoms with van der Waals surface area (Å²) in [5, 5.41) is 1.78. The number of benzene rings is 2. The van der Waals surface area contributed by atoms with Gasteiger partial charge in [-0.3, -0.25) is 0 Å². The molecule has 0 N–H and O–H groups in total. The molecule has 0 aliphatic carbocycles. The van der Waals surface area contributed by atoms with E-state index in [0.29, 0.717) is 18.0 Å². The van der Waals surface area contributed by atoms with Gasteiger partial charge in [-0.25, -0.2) is 8.42 Å². The van der Waals surface area contributed by atoms with Crippen molar-refractivity contribution in [1.82, 2.24) is 4.31 Å². The molecule has 0 unspecified atom stereocenters. The van der Waals surface area contributed by atoms with E-state index >= 15 is 0 Å². The maximum Gasteiger partial charge on any atom is 0.243 e. The number of fused-ring (bicyclic) bond motifs is 1. The van der Waals surface area contributed by atoms with Gasteiger partial charge in [-0.1, -0.05) is 57.4 Å². The molecule has 2 aromatic rings. The van der Waals surface area contributed by atoms with E-state index in [0.717, 1.165) is 48.6 Å². The molecule has 144 valence electrons. The molecule has 0 radical (unpaired) electrons. The summed E-state index contributed by atoms with van der Waals surface area (Å²) in [4.78, 5) is 2.45. The molecular weight excluding hydrogens is 344 g/mol. The molecule has 0 spiro atoms. The third-order valence-electron chi connectivity index (χ3n) is 4.73. The normalized spacial score (nSPS) is 12.0. The number of nitrogens with zero attached hydrogens (tertiary/aromatic N) is 2. The van der Waals surface area contributed by atoms with E-state index < -0.39 is 10.0 Å². The summed E-state index contributed by atoms with van der Waals surface area (Å²) < 4.78 is 28.6. The minimum Gasteiger partial charge on any atom is -0.377 e. The molecule has 0 atom stereocenters. The lowest BCUT2D eigenvalue weighted by Gasteiger charge is -2.24. The fourth-order valence-electron chi connectivity index (χ4n) is 3.24. The molecular formula is C21H32N2O2S. The molecule has 2 aromatic carbocycles. The zero-order valence-electron chi connectivity index (χ0n) is 16.5. The maximum atomic E-state index is 13.4. The van der Waals surface area contributed by atoms with E-state index in [2.05, 4.69) is 13.8 Å². The van der Waals surface area contributed by atoms with Crippen molar-refractivity contribution >= 4 is 26.5 Å². The number of sulfonamides is 1. The molecule has 0 saturated carbocycles. The van der Waals surface area contributed by atoms with Crippen molar-refractivity contribution in [2.75, 3.05) is 32.1 Å². The summed E-state index contributed by atoms with van der Waals surface area (Å²) in [6.45, 7) is 5.42. The zero-order chi connectivity index (χ0) is 19.2.